The summed E-state index contributed by atoms with van der Waals surface area (Å²) < 4.78 is 5.16. The SMILES string of the molecule is COc1cccc([C@]2(C)NC(=O)N(NC(=O)c3ccc(C#N)cc3)C2=O)c1. The number of ether oxygens (including phenoxy) is 1. The lowest BCUT2D eigenvalue weighted by Crippen LogP contribution is -2.47. The van der Waals surface area contributed by atoms with Crippen molar-refractivity contribution >= 4 is 17.8 Å². The highest BCUT2D eigenvalue weighted by Crippen LogP contribution is 2.30. The van der Waals surface area contributed by atoms with Crippen LogP contribution in [0, 0.1) is 11.3 Å². The molecule has 1 fully saturated rings. The Morgan fingerprint density at radius 1 is 1.22 bits per heavy atom. The summed E-state index contributed by atoms with van der Waals surface area (Å²) in [4.78, 5) is 37.5. The number of nitrogens with zero attached hydrogens (tertiary/aromatic N) is 2. The van der Waals surface area contributed by atoms with E-state index in [1.807, 2.05) is 6.07 Å². The third kappa shape index (κ3) is 3.18. The molecule has 27 heavy (non-hydrogen) atoms. The lowest BCUT2D eigenvalue weighted by atomic mass is 9.92. The fourth-order valence-electron chi connectivity index (χ4n) is 2.73. The zero-order valence-corrected chi connectivity index (χ0v) is 14.6. The average Bonchev–Trinajstić information content (AvgIpc) is 2.92. The van der Waals surface area contributed by atoms with Crippen molar-refractivity contribution < 1.29 is 19.1 Å². The van der Waals surface area contributed by atoms with E-state index in [4.69, 9.17) is 10.00 Å². The number of urea groups is 1. The fraction of sp³-hybridized carbons (Fsp3) is 0.158. The molecule has 8 heteroatoms. The van der Waals surface area contributed by atoms with Crippen molar-refractivity contribution in [3.63, 3.8) is 0 Å². The van der Waals surface area contributed by atoms with Crippen molar-refractivity contribution in [3.05, 3.63) is 65.2 Å². The Balaban J connectivity index is 1.83. The standard InChI is InChI=1S/C19H16N4O4/c1-19(14-4-3-5-15(10-14)27-2)17(25)23(18(26)21-19)22-16(24)13-8-6-12(11-20)7-9-13/h3-10H,1-2H3,(H,21,26)(H,22,24)/t19-/m0/s1. The van der Waals surface area contributed by atoms with Crippen molar-refractivity contribution in [2.75, 3.05) is 7.11 Å². The van der Waals surface area contributed by atoms with Crippen LogP contribution in [0.5, 0.6) is 5.75 Å². The maximum atomic E-state index is 12.8. The predicted octanol–water partition coefficient (Wildman–Crippen LogP) is 1.68. The summed E-state index contributed by atoms with van der Waals surface area (Å²) in [5.41, 5.74) is 2.09. The smallest absolute Gasteiger partial charge is 0.344 e. The largest absolute Gasteiger partial charge is 0.497 e. The quantitative estimate of drug-likeness (QED) is 0.802. The predicted molar refractivity (Wildman–Crippen MR) is 94.3 cm³/mol. The van der Waals surface area contributed by atoms with Gasteiger partial charge in [-0.25, -0.2) is 4.79 Å². The van der Waals surface area contributed by atoms with Crippen LogP contribution in [-0.4, -0.2) is 30.0 Å². The molecule has 4 amide bonds. The maximum absolute atomic E-state index is 12.8. The molecule has 3 rings (SSSR count). The van der Waals surface area contributed by atoms with Crippen LogP contribution in [0.15, 0.2) is 48.5 Å². The molecule has 0 radical (unpaired) electrons. The van der Waals surface area contributed by atoms with Crippen LogP contribution in [0.1, 0.15) is 28.4 Å². The molecule has 0 saturated carbocycles. The second-order valence-electron chi connectivity index (χ2n) is 6.06. The number of amides is 4. The molecule has 1 aliphatic heterocycles. The number of imide groups is 1. The summed E-state index contributed by atoms with van der Waals surface area (Å²) in [7, 11) is 1.50. The summed E-state index contributed by atoms with van der Waals surface area (Å²) in [6.07, 6.45) is 0. The van der Waals surface area contributed by atoms with Crippen molar-refractivity contribution in [1.29, 1.82) is 5.26 Å². The van der Waals surface area contributed by atoms with E-state index in [9.17, 15) is 14.4 Å². The van der Waals surface area contributed by atoms with Gasteiger partial charge in [0, 0.05) is 5.56 Å². The summed E-state index contributed by atoms with van der Waals surface area (Å²) in [6, 6.07) is 13.8. The fourth-order valence-corrected chi connectivity index (χ4v) is 2.73. The zero-order chi connectivity index (χ0) is 19.6. The maximum Gasteiger partial charge on any atom is 0.344 e. The number of hydrogen-bond acceptors (Lipinski definition) is 5. The minimum absolute atomic E-state index is 0.213. The lowest BCUT2D eigenvalue weighted by molar-refractivity contribution is -0.132. The molecule has 2 aromatic rings. The van der Waals surface area contributed by atoms with Crippen LogP contribution in [0.2, 0.25) is 0 Å². The van der Waals surface area contributed by atoms with E-state index in [0.717, 1.165) is 0 Å². The van der Waals surface area contributed by atoms with Crippen LogP contribution in [0.25, 0.3) is 0 Å². The highest BCUT2D eigenvalue weighted by atomic mass is 16.5. The summed E-state index contributed by atoms with van der Waals surface area (Å²) >= 11 is 0. The number of hydrogen-bond donors (Lipinski definition) is 2. The van der Waals surface area contributed by atoms with Gasteiger partial charge in [-0.3, -0.25) is 15.0 Å². The van der Waals surface area contributed by atoms with Crippen LogP contribution >= 0.6 is 0 Å². The van der Waals surface area contributed by atoms with Gasteiger partial charge in [0.2, 0.25) is 0 Å². The molecule has 1 aliphatic rings. The number of benzene rings is 2. The first-order chi connectivity index (χ1) is 12.9. The van der Waals surface area contributed by atoms with E-state index >= 15 is 0 Å². The van der Waals surface area contributed by atoms with E-state index in [1.54, 1.807) is 31.2 Å². The highest BCUT2D eigenvalue weighted by Gasteiger charge is 2.50. The Kier molecular flexibility index (Phi) is 4.52. The molecule has 0 unspecified atom stereocenters. The van der Waals surface area contributed by atoms with E-state index in [-0.39, 0.29) is 5.56 Å². The molecule has 136 valence electrons. The number of carbonyl (C=O) groups is 3. The number of rotatable bonds is 4. The second-order valence-corrected chi connectivity index (χ2v) is 6.06. The highest BCUT2D eigenvalue weighted by molar-refractivity contribution is 6.09. The van der Waals surface area contributed by atoms with E-state index in [2.05, 4.69) is 10.7 Å². The molecule has 1 saturated heterocycles. The molecule has 1 heterocycles. The molecule has 0 bridgehead atoms. The van der Waals surface area contributed by atoms with Crippen molar-refractivity contribution in [3.8, 4) is 11.8 Å². The molecule has 2 aromatic carbocycles. The van der Waals surface area contributed by atoms with Gasteiger partial charge in [-0.2, -0.15) is 10.3 Å². The number of methoxy groups -OCH3 is 1. The molecule has 2 N–H and O–H groups in total. The van der Waals surface area contributed by atoms with E-state index in [0.29, 0.717) is 21.9 Å². The van der Waals surface area contributed by atoms with Crippen LogP contribution < -0.4 is 15.5 Å². The van der Waals surface area contributed by atoms with Crippen LogP contribution in [0.3, 0.4) is 0 Å². The molecular weight excluding hydrogens is 348 g/mol. The van der Waals surface area contributed by atoms with Crippen LogP contribution in [0.4, 0.5) is 4.79 Å². The van der Waals surface area contributed by atoms with Gasteiger partial charge in [0.05, 0.1) is 18.7 Å². The Morgan fingerprint density at radius 2 is 1.93 bits per heavy atom. The Bertz CT molecular complexity index is 964. The number of carbonyl (C=O) groups excluding carboxylic acids is 3. The first kappa shape index (κ1) is 17.9. The zero-order valence-electron chi connectivity index (χ0n) is 14.6. The molecule has 0 spiro atoms. The van der Waals surface area contributed by atoms with Gasteiger partial charge in [0.25, 0.3) is 11.8 Å². The van der Waals surface area contributed by atoms with Gasteiger partial charge < -0.3 is 10.1 Å². The van der Waals surface area contributed by atoms with Crippen molar-refractivity contribution in [2.24, 2.45) is 0 Å². The van der Waals surface area contributed by atoms with Gasteiger partial charge in [-0.1, -0.05) is 12.1 Å². The second kappa shape index (κ2) is 6.80. The number of nitrogens with one attached hydrogen (secondary N) is 2. The summed E-state index contributed by atoms with van der Waals surface area (Å²) in [5, 5.41) is 12.1. The molecule has 8 nitrogen and oxygen atoms in total. The Morgan fingerprint density at radius 3 is 2.56 bits per heavy atom. The van der Waals surface area contributed by atoms with Gasteiger partial charge >= 0.3 is 6.03 Å². The van der Waals surface area contributed by atoms with Gasteiger partial charge in [-0.05, 0) is 48.9 Å². The lowest BCUT2D eigenvalue weighted by Gasteiger charge is -2.22. The third-order valence-corrected chi connectivity index (χ3v) is 4.33. The Hall–Kier alpha value is -3.86. The molecule has 0 aliphatic carbocycles. The van der Waals surface area contributed by atoms with Gasteiger partial charge in [0.1, 0.15) is 11.3 Å². The molecule has 1 atom stereocenters. The monoisotopic (exact) mass is 364 g/mol. The summed E-state index contributed by atoms with van der Waals surface area (Å²) in [5.74, 6) is -0.725. The van der Waals surface area contributed by atoms with Gasteiger partial charge in [-0.15, -0.1) is 0 Å². The number of nitriles is 1. The number of hydrazine groups is 1. The van der Waals surface area contributed by atoms with E-state index in [1.165, 1.54) is 31.4 Å². The normalized spacial score (nSPS) is 18.6. The Labute approximate surface area is 155 Å². The van der Waals surface area contributed by atoms with E-state index < -0.39 is 23.4 Å². The average molecular weight is 364 g/mol. The molecular formula is C19H16N4O4. The van der Waals surface area contributed by atoms with Gasteiger partial charge in [0.15, 0.2) is 0 Å². The molecule has 0 aromatic heterocycles. The van der Waals surface area contributed by atoms with Crippen molar-refractivity contribution in [1.82, 2.24) is 15.8 Å². The first-order valence-electron chi connectivity index (χ1n) is 8.01. The van der Waals surface area contributed by atoms with Crippen molar-refractivity contribution in [2.45, 2.75) is 12.5 Å². The minimum Gasteiger partial charge on any atom is -0.497 e. The third-order valence-electron chi connectivity index (χ3n) is 4.33. The summed E-state index contributed by atoms with van der Waals surface area (Å²) in [6.45, 7) is 1.55. The first-order valence-corrected chi connectivity index (χ1v) is 8.01. The topological polar surface area (TPSA) is 112 Å². The van der Waals surface area contributed by atoms with Crippen LogP contribution in [-0.2, 0) is 10.3 Å². The minimum atomic E-state index is -1.34.